The topological polar surface area (TPSA) is 64.6 Å². The van der Waals surface area contributed by atoms with E-state index in [-0.39, 0.29) is 5.91 Å². The Kier molecular flexibility index (Phi) is 6.37. The molecule has 0 bridgehead atoms. The van der Waals surface area contributed by atoms with Crippen LogP contribution in [0.1, 0.15) is 29.3 Å². The number of carbonyl (C=O) groups is 2. The number of rotatable bonds is 7. The summed E-state index contributed by atoms with van der Waals surface area (Å²) in [6.45, 7) is 2.56. The second-order valence-electron chi connectivity index (χ2n) is 5.16. The van der Waals surface area contributed by atoms with Crippen LogP contribution in [0, 0.1) is 0 Å². The Morgan fingerprint density at radius 3 is 2.42 bits per heavy atom. The first-order valence-corrected chi connectivity index (χ1v) is 7.83. The Hall–Kier alpha value is -2.82. The van der Waals surface area contributed by atoms with E-state index in [1.807, 2.05) is 31.2 Å². The van der Waals surface area contributed by atoms with E-state index in [2.05, 4.69) is 5.32 Å². The highest BCUT2D eigenvalue weighted by atomic mass is 16.5. The van der Waals surface area contributed by atoms with Crippen LogP contribution < -0.4 is 10.1 Å². The molecule has 0 saturated carbocycles. The molecular weight excluding hydrogens is 306 g/mol. The van der Waals surface area contributed by atoms with E-state index < -0.39 is 5.97 Å². The summed E-state index contributed by atoms with van der Waals surface area (Å²) in [6.07, 6.45) is 0.933. The average Bonchev–Trinajstić information content (AvgIpc) is 2.61. The number of ether oxygens (including phenoxy) is 2. The molecule has 0 saturated heterocycles. The van der Waals surface area contributed by atoms with Crippen LogP contribution in [0.5, 0.6) is 5.75 Å². The van der Waals surface area contributed by atoms with Crippen LogP contribution in [0.2, 0.25) is 0 Å². The van der Waals surface area contributed by atoms with Gasteiger partial charge in [0, 0.05) is 6.42 Å². The zero-order chi connectivity index (χ0) is 17.4. The minimum atomic E-state index is -0.475. The van der Waals surface area contributed by atoms with Crippen molar-refractivity contribution < 1.29 is 19.1 Å². The van der Waals surface area contributed by atoms with Gasteiger partial charge in [0.25, 0.3) is 0 Å². The fourth-order valence-corrected chi connectivity index (χ4v) is 2.27. The molecule has 0 aliphatic carbocycles. The van der Waals surface area contributed by atoms with Crippen LogP contribution in [0.25, 0.3) is 0 Å². The molecule has 2 rings (SSSR count). The number of hydrogen-bond donors (Lipinski definition) is 1. The monoisotopic (exact) mass is 327 g/mol. The third-order valence-electron chi connectivity index (χ3n) is 3.48. The van der Waals surface area contributed by atoms with E-state index in [9.17, 15) is 9.59 Å². The van der Waals surface area contributed by atoms with Crippen molar-refractivity contribution in [2.24, 2.45) is 0 Å². The van der Waals surface area contributed by atoms with Crippen molar-refractivity contribution in [1.29, 1.82) is 0 Å². The molecule has 5 heteroatoms. The molecule has 0 radical (unpaired) electrons. The lowest BCUT2D eigenvalue weighted by Gasteiger charge is -2.10. The van der Waals surface area contributed by atoms with Gasteiger partial charge in [0.1, 0.15) is 5.75 Å². The Morgan fingerprint density at radius 2 is 1.75 bits per heavy atom. The van der Waals surface area contributed by atoms with Crippen LogP contribution in [0.3, 0.4) is 0 Å². The summed E-state index contributed by atoms with van der Waals surface area (Å²) in [7, 11) is 1.31. The average molecular weight is 327 g/mol. The molecule has 24 heavy (non-hydrogen) atoms. The molecule has 0 atom stereocenters. The van der Waals surface area contributed by atoms with Gasteiger partial charge in [-0.15, -0.1) is 0 Å². The molecule has 2 aromatic rings. The van der Waals surface area contributed by atoms with E-state index in [1.165, 1.54) is 7.11 Å². The minimum absolute atomic E-state index is 0.153. The van der Waals surface area contributed by atoms with Gasteiger partial charge in [0.05, 0.1) is 25.0 Å². The van der Waals surface area contributed by atoms with Crippen LogP contribution in [-0.2, 0) is 16.0 Å². The van der Waals surface area contributed by atoms with E-state index in [4.69, 9.17) is 9.47 Å². The smallest absolute Gasteiger partial charge is 0.339 e. The lowest BCUT2D eigenvalue weighted by atomic mass is 10.1. The first-order chi connectivity index (χ1) is 11.6. The molecule has 0 spiro atoms. The highest BCUT2D eigenvalue weighted by molar-refractivity contribution is 6.01. The number of carbonyl (C=O) groups excluding carboxylic acids is 2. The standard InChI is InChI=1S/C19H21NO4/c1-3-24-15-11-8-14(9-12-15)10-13-18(21)20-17-7-5-4-6-16(17)19(22)23-2/h4-9,11-12H,3,10,13H2,1-2H3,(H,20,21). The van der Waals surface area contributed by atoms with E-state index in [0.717, 1.165) is 11.3 Å². The summed E-state index contributed by atoms with van der Waals surface area (Å²) in [5.74, 6) is 0.190. The van der Waals surface area contributed by atoms with Gasteiger partial charge < -0.3 is 14.8 Å². The Labute approximate surface area is 141 Å². The van der Waals surface area contributed by atoms with Gasteiger partial charge in [0.15, 0.2) is 0 Å². The Morgan fingerprint density at radius 1 is 1.04 bits per heavy atom. The second kappa shape index (κ2) is 8.72. The maximum Gasteiger partial charge on any atom is 0.339 e. The number of benzene rings is 2. The van der Waals surface area contributed by atoms with E-state index >= 15 is 0 Å². The van der Waals surface area contributed by atoms with Crippen molar-refractivity contribution in [3.63, 3.8) is 0 Å². The van der Waals surface area contributed by atoms with Gasteiger partial charge in [0.2, 0.25) is 5.91 Å². The number of amides is 1. The van der Waals surface area contributed by atoms with Crippen molar-refractivity contribution in [3.8, 4) is 5.75 Å². The molecule has 1 amide bonds. The summed E-state index contributed by atoms with van der Waals surface area (Å²) in [4.78, 5) is 23.8. The molecule has 0 fully saturated rings. The van der Waals surface area contributed by atoms with Gasteiger partial charge in [-0.25, -0.2) is 4.79 Å². The number of aryl methyl sites for hydroxylation is 1. The molecule has 0 aliphatic rings. The third kappa shape index (κ3) is 4.84. The van der Waals surface area contributed by atoms with Gasteiger partial charge in [-0.1, -0.05) is 24.3 Å². The fraction of sp³-hybridized carbons (Fsp3) is 0.263. The quantitative estimate of drug-likeness (QED) is 0.791. The van der Waals surface area contributed by atoms with Gasteiger partial charge in [-0.2, -0.15) is 0 Å². The molecule has 0 heterocycles. The molecule has 2 aromatic carbocycles. The van der Waals surface area contributed by atoms with Gasteiger partial charge in [-0.3, -0.25) is 4.79 Å². The maximum atomic E-state index is 12.1. The number of anilines is 1. The van der Waals surface area contributed by atoms with Crippen molar-refractivity contribution >= 4 is 17.6 Å². The first-order valence-electron chi connectivity index (χ1n) is 7.83. The van der Waals surface area contributed by atoms with Crippen molar-refractivity contribution in [3.05, 3.63) is 59.7 Å². The Balaban J connectivity index is 1.93. The van der Waals surface area contributed by atoms with Crippen molar-refractivity contribution in [2.75, 3.05) is 19.0 Å². The lowest BCUT2D eigenvalue weighted by Crippen LogP contribution is -2.15. The number of esters is 1. The van der Waals surface area contributed by atoms with E-state index in [1.54, 1.807) is 24.3 Å². The number of methoxy groups -OCH3 is 1. The predicted molar refractivity (Wildman–Crippen MR) is 92.3 cm³/mol. The van der Waals surface area contributed by atoms with Crippen LogP contribution in [0.15, 0.2) is 48.5 Å². The number of hydrogen-bond acceptors (Lipinski definition) is 4. The van der Waals surface area contributed by atoms with Gasteiger partial charge >= 0.3 is 5.97 Å². The third-order valence-corrected chi connectivity index (χ3v) is 3.48. The summed E-state index contributed by atoms with van der Waals surface area (Å²) < 4.78 is 10.1. The van der Waals surface area contributed by atoms with Crippen molar-refractivity contribution in [1.82, 2.24) is 0 Å². The second-order valence-corrected chi connectivity index (χ2v) is 5.16. The highest BCUT2D eigenvalue weighted by Crippen LogP contribution is 2.17. The summed E-state index contributed by atoms with van der Waals surface area (Å²) >= 11 is 0. The van der Waals surface area contributed by atoms with Gasteiger partial charge in [-0.05, 0) is 43.2 Å². The zero-order valence-electron chi connectivity index (χ0n) is 13.9. The maximum absolute atomic E-state index is 12.1. The molecule has 0 aromatic heterocycles. The fourth-order valence-electron chi connectivity index (χ4n) is 2.27. The number of para-hydroxylation sites is 1. The normalized spacial score (nSPS) is 10.1. The minimum Gasteiger partial charge on any atom is -0.494 e. The van der Waals surface area contributed by atoms with Crippen molar-refractivity contribution in [2.45, 2.75) is 19.8 Å². The van der Waals surface area contributed by atoms with Crippen LogP contribution in [0.4, 0.5) is 5.69 Å². The summed E-state index contributed by atoms with van der Waals surface area (Å²) in [5.41, 5.74) is 1.85. The molecule has 0 aliphatic heterocycles. The zero-order valence-corrected chi connectivity index (χ0v) is 13.9. The summed E-state index contributed by atoms with van der Waals surface area (Å²) in [6, 6.07) is 14.5. The largest absolute Gasteiger partial charge is 0.494 e. The van der Waals surface area contributed by atoms with Crippen LogP contribution in [-0.4, -0.2) is 25.6 Å². The van der Waals surface area contributed by atoms with E-state index in [0.29, 0.717) is 30.7 Å². The lowest BCUT2D eigenvalue weighted by molar-refractivity contribution is -0.116. The van der Waals surface area contributed by atoms with Crippen LogP contribution >= 0.6 is 0 Å². The SMILES string of the molecule is CCOc1ccc(CCC(=O)Nc2ccccc2C(=O)OC)cc1. The first kappa shape index (κ1) is 17.5. The molecular formula is C19H21NO4. The molecule has 1 N–H and O–H groups in total. The highest BCUT2D eigenvalue weighted by Gasteiger charge is 2.13. The molecule has 5 nitrogen and oxygen atoms in total. The Bertz CT molecular complexity index is 695. The number of nitrogens with one attached hydrogen (secondary N) is 1. The molecule has 126 valence electrons. The summed E-state index contributed by atoms with van der Waals surface area (Å²) in [5, 5.41) is 2.76. The predicted octanol–water partition coefficient (Wildman–Crippen LogP) is 3.44. The molecule has 0 unspecified atom stereocenters.